The Bertz CT molecular complexity index is 586. The van der Waals surface area contributed by atoms with Gasteiger partial charge < -0.3 is 14.3 Å². The SMILES string of the molecule is CC(C)(C)[Si](C)(C)Oc1c(C2(O)CCC2)ccnc1OC1CC1. The van der Waals surface area contributed by atoms with Crippen LogP contribution in [0.3, 0.4) is 0 Å². The second-order valence-electron chi connectivity index (χ2n) is 8.56. The lowest BCUT2D eigenvalue weighted by Gasteiger charge is -2.41. The van der Waals surface area contributed by atoms with Gasteiger partial charge in [-0.3, -0.25) is 0 Å². The Balaban J connectivity index is 2.00. The van der Waals surface area contributed by atoms with Crippen LogP contribution in [-0.2, 0) is 5.60 Å². The van der Waals surface area contributed by atoms with Crippen LogP contribution in [0.5, 0.6) is 11.6 Å². The summed E-state index contributed by atoms with van der Waals surface area (Å²) in [5.74, 6) is 1.25. The maximum atomic E-state index is 10.9. The summed E-state index contributed by atoms with van der Waals surface area (Å²) in [4.78, 5) is 4.42. The number of hydrogen-bond donors (Lipinski definition) is 1. The molecule has 0 spiro atoms. The van der Waals surface area contributed by atoms with Gasteiger partial charge in [-0.15, -0.1) is 0 Å². The highest BCUT2D eigenvalue weighted by atomic mass is 28.4. The first-order valence-electron chi connectivity index (χ1n) is 8.70. The van der Waals surface area contributed by atoms with E-state index in [1.807, 2.05) is 6.07 Å². The Morgan fingerprint density at radius 2 is 1.91 bits per heavy atom. The molecule has 0 atom stereocenters. The fourth-order valence-electron chi connectivity index (χ4n) is 2.51. The van der Waals surface area contributed by atoms with E-state index < -0.39 is 13.9 Å². The molecular formula is C18H29NO3Si. The molecule has 0 bridgehead atoms. The molecule has 1 aromatic rings. The summed E-state index contributed by atoms with van der Waals surface area (Å²) >= 11 is 0. The van der Waals surface area contributed by atoms with Crippen molar-refractivity contribution in [3.8, 4) is 11.6 Å². The Morgan fingerprint density at radius 1 is 1.26 bits per heavy atom. The molecule has 2 aliphatic carbocycles. The van der Waals surface area contributed by atoms with E-state index in [2.05, 4.69) is 38.8 Å². The first-order chi connectivity index (χ1) is 10.6. The van der Waals surface area contributed by atoms with Gasteiger partial charge >= 0.3 is 0 Å². The van der Waals surface area contributed by atoms with E-state index in [1.54, 1.807) is 6.20 Å². The van der Waals surface area contributed by atoms with E-state index in [1.165, 1.54) is 0 Å². The third-order valence-corrected chi connectivity index (χ3v) is 9.85. The van der Waals surface area contributed by atoms with Gasteiger partial charge in [0.1, 0.15) is 6.10 Å². The summed E-state index contributed by atoms with van der Waals surface area (Å²) in [6.45, 7) is 11.1. The summed E-state index contributed by atoms with van der Waals surface area (Å²) in [7, 11) is -2.04. The molecule has 128 valence electrons. The Morgan fingerprint density at radius 3 is 2.39 bits per heavy atom. The molecule has 0 radical (unpaired) electrons. The van der Waals surface area contributed by atoms with Crippen LogP contribution >= 0.6 is 0 Å². The lowest BCUT2D eigenvalue weighted by Crippen LogP contribution is -2.45. The number of hydrogen-bond acceptors (Lipinski definition) is 4. The van der Waals surface area contributed by atoms with Crippen LogP contribution in [-0.4, -0.2) is 24.5 Å². The van der Waals surface area contributed by atoms with Crippen molar-refractivity contribution in [2.45, 2.75) is 82.7 Å². The van der Waals surface area contributed by atoms with E-state index in [4.69, 9.17) is 9.16 Å². The quantitative estimate of drug-likeness (QED) is 0.811. The van der Waals surface area contributed by atoms with Crippen molar-refractivity contribution in [3.05, 3.63) is 17.8 Å². The van der Waals surface area contributed by atoms with E-state index in [0.717, 1.165) is 37.7 Å². The molecule has 5 heteroatoms. The van der Waals surface area contributed by atoms with Crippen LogP contribution in [0.4, 0.5) is 0 Å². The van der Waals surface area contributed by atoms with Crippen molar-refractivity contribution < 1.29 is 14.3 Å². The van der Waals surface area contributed by atoms with Gasteiger partial charge in [-0.25, -0.2) is 4.98 Å². The minimum Gasteiger partial charge on any atom is -0.540 e. The number of ether oxygens (including phenoxy) is 1. The zero-order chi connectivity index (χ0) is 16.9. The average Bonchev–Trinajstić information content (AvgIpc) is 3.20. The highest BCUT2D eigenvalue weighted by Gasteiger charge is 2.44. The molecule has 2 fully saturated rings. The molecular weight excluding hydrogens is 306 g/mol. The summed E-state index contributed by atoms with van der Waals surface area (Å²) in [5, 5.41) is 11.0. The first kappa shape index (κ1) is 16.8. The van der Waals surface area contributed by atoms with Gasteiger partial charge in [0.2, 0.25) is 0 Å². The van der Waals surface area contributed by atoms with Crippen molar-refractivity contribution in [2.75, 3.05) is 0 Å². The fourth-order valence-corrected chi connectivity index (χ4v) is 3.52. The van der Waals surface area contributed by atoms with Crippen LogP contribution in [0.25, 0.3) is 0 Å². The van der Waals surface area contributed by atoms with Gasteiger partial charge in [0.05, 0.1) is 5.60 Å². The largest absolute Gasteiger partial charge is 0.540 e. The molecule has 1 N–H and O–H groups in total. The Labute approximate surface area is 140 Å². The molecule has 1 heterocycles. The lowest BCUT2D eigenvalue weighted by molar-refractivity contribution is -0.0403. The summed E-state index contributed by atoms with van der Waals surface area (Å²) in [6.07, 6.45) is 6.78. The van der Waals surface area contributed by atoms with Gasteiger partial charge in [-0.2, -0.15) is 0 Å². The van der Waals surface area contributed by atoms with E-state index in [-0.39, 0.29) is 11.1 Å². The van der Waals surface area contributed by atoms with E-state index in [9.17, 15) is 5.11 Å². The summed E-state index contributed by atoms with van der Waals surface area (Å²) in [5.41, 5.74) is 0.0849. The number of pyridine rings is 1. The maximum Gasteiger partial charge on any atom is 0.256 e. The van der Waals surface area contributed by atoms with Crippen molar-refractivity contribution in [3.63, 3.8) is 0 Å². The van der Waals surface area contributed by atoms with Crippen LogP contribution in [0.2, 0.25) is 18.1 Å². The van der Waals surface area contributed by atoms with Crippen LogP contribution in [0, 0.1) is 0 Å². The smallest absolute Gasteiger partial charge is 0.256 e. The predicted molar refractivity (Wildman–Crippen MR) is 93.5 cm³/mol. The molecule has 0 aromatic carbocycles. The third-order valence-electron chi connectivity index (χ3n) is 5.52. The van der Waals surface area contributed by atoms with Gasteiger partial charge in [0.15, 0.2) is 5.75 Å². The van der Waals surface area contributed by atoms with Gasteiger partial charge in [-0.05, 0) is 56.3 Å². The topological polar surface area (TPSA) is 51.6 Å². The molecule has 0 amide bonds. The zero-order valence-corrected chi connectivity index (χ0v) is 16.0. The Kier molecular flexibility index (Phi) is 4.00. The molecule has 0 aliphatic heterocycles. The van der Waals surface area contributed by atoms with Gasteiger partial charge in [0, 0.05) is 11.8 Å². The van der Waals surface area contributed by atoms with Gasteiger partial charge in [0.25, 0.3) is 14.2 Å². The minimum absolute atomic E-state index is 0.0825. The van der Waals surface area contributed by atoms with Crippen molar-refractivity contribution >= 4 is 8.32 Å². The van der Waals surface area contributed by atoms with Crippen LogP contribution < -0.4 is 9.16 Å². The van der Waals surface area contributed by atoms with E-state index >= 15 is 0 Å². The maximum absolute atomic E-state index is 10.9. The second-order valence-corrected chi connectivity index (χ2v) is 13.3. The molecule has 4 nitrogen and oxygen atoms in total. The molecule has 0 unspecified atom stereocenters. The predicted octanol–water partition coefficient (Wildman–Crippen LogP) is 4.38. The number of rotatable bonds is 5. The highest BCUT2D eigenvalue weighted by molar-refractivity contribution is 6.74. The number of nitrogens with zero attached hydrogens (tertiary/aromatic N) is 1. The standard InChI is InChI=1S/C18H29NO3Si/c1-17(2,3)23(4,5)22-15-14(18(20)10-6-11-18)9-12-19-16(15)21-13-7-8-13/h9,12-13,20H,6-8,10-11H2,1-5H3. The van der Waals surface area contributed by atoms with Crippen LogP contribution in [0.15, 0.2) is 12.3 Å². The zero-order valence-electron chi connectivity index (χ0n) is 15.0. The number of aromatic nitrogens is 1. The first-order valence-corrected chi connectivity index (χ1v) is 11.6. The highest BCUT2D eigenvalue weighted by Crippen LogP contribution is 2.49. The normalized spacial score (nSPS) is 20.8. The average molecular weight is 336 g/mol. The van der Waals surface area contributed by atoms with Crippen molar-refractivity contribution in [2.24, 2.45) is 0 Å². The van der Waals surface area contributed by atoms with Crippen molar-refractivity contribution in [1.29, 1.82) is 0 Å². The summed E-state index contributed by atoms with van der Waals surface area (Å²) in [6, 6.07) is 1.90. The minimum atomic E-state index is -2.04. The summed E-state index contributed by atoms with van der Waals surface area (Å²) < 4.78 is 12.6. The van der Waals surface area contributed by atoms with Gasteiger partial charge in [-0.1, -0.05) is 20.8 Å². The number of aliphatic hydroxyl groups is 1. The van der Waals surface area contributed by atoms with Crippen molar-refractivity contribution in [1.82, 2.24) is 4.98 Å². The molecule has 23 heavy (non-hydrogen) atoms. The van der Waals surface area contributed by atoms with Crippen LogP contribution in [0.1, 0.15) is 58.4 Å². The lowest BCUT2D eigenvalue weighted by atomic mass is 9.75. The van der Waals surface area contributed by atoms with E-state index in [0.29, 0.717) is 11.6 Å². The second kappa shape index (κ2) is 5.48. The fraction of sp³-hybridized carbons (Fsp3) is 0.722. The third kappa shape index (κ3) is 3.26. The Hall–Kier alpha value is -1.07. The molecule has 1 aromatic heterocycles. The molecule has 3 rings (SSSR count). The molecule has 2 saturated carbocycles. The molecule has 2 aliphatic rings. The molecule has 0 saturated heterocycles. The monoisotopic (exact) mass is 335 g/mol.